The first kappa shape index (κ1) is 25.5. The van der Waals surface area contributed by atoms with Gasteiger partial charge in [0.2, 0.25) is 5.89 Å². The van der Waals surface area contributed by atoms with Gasteiger partial charge in [-0.15, -0.1) is 0 Å². The highest BCUT2D eigenvalue weighted by molar-refractivity contribution is 5.78. The Bertz CT molecular complexity index is 1330. The SMILES string of the molecule is Cc1ccc(OC(=O)N(CC(=O)O)Cc2ccc(OCCc3nc(-c4ccccc4)oc3C)cc2)cc1. The molecule has 1 N–H and O–H groups in total. The third-order valence-corrected chi connectivity index (χ3v) is 5.63. The minimum absolute atomic E-state index is 0.0810. The van der Waals surface area contributed by atoms with Crippen molar-refractivity contribution >= 4 is 12.1 Å². The fourth-order valence-corrected chi connectivity index (χ4v) is 3.66. The van der Waals surface area contributed by atoms with Gasteiger partial charge in [-0.25, -0.2) is 9.78 Å². The first-order valence-electron chi connectivity index (χ1n) is 11.9. The number of ether oxygens (including phenoxy) is 2. The number of oxazole rings is 1. The number of hydrogen-bond acceptors (Lipinski definition) is 6. The van der Waals surface area contributed by atoms with Gasteiger partial charge in [0.05, 0.1) is 12.3 Å². The second-order valence-corrected chi connectivity index (χ2v) is 8.56. The Balaban J connectivity index is 1.32. The standard InChI is InChI=1S/C29H28N2O6/c1-20-8-12-25(13-9-20)37-29(34)31(19-27(32)33)18-22-10-14-24(15-11-22)35-17-16-26-21(2)36-28(30-26)23-6-4-3-5-7-23/h3-15H,16-19H2,1-2H3,(H,32,33). The molecule has 0 spiro atoms. The average Bonchev–Trinajstić information content (AvgIpc) is 3.26. The molecule has 3 aromatic carbocycles. The lowest BCUT2D eigenvalue weighted by Crippen LogP contribution is -2.37. The number of aryl methyl sites for hydroxylation is 2. The molecule has 190 valence electrons. The lowest BCUT2D eigenvalue weighted by molar-refractivity contribution is -0.138. The van der Waals surface area contributed by atoms with Gasteiger partial charge in [-0.2, -0.15) is 0 Å². The van der Waals surface area contributed by atoms with E-state index >= 15 is 0 Å². The molecule has 1 heterocycles. The second kappa shape index (κ2) is 11.9. The third-order valence-electron chi connectivity index (χ3n) is 5.63. The van der Waals surface area contributed by atoms with Crippen LogP contribution >= 0.6 is 0 Å². The van der Waals surface area contributed by atoms with E-state index in [9.17, 15) is 14.7 Å². The van der Waals surface area contributed by atoms with Crippen LogP contribution in [-0.4, -0.2) is 40.2 Å². The fraction of sp³-hybridized carbons (Fsp3) is 0.207. The first-order valence-corrected chi connectivity index (χ1v) is 11.9. The minimum atomic E-state index is -1.13. The molecule has 4 rings (SSSR count). The second-order valence-electron chi connectivity index (χ2n) is 8.56. The lowest BCUT2D eigenvalue weighted by Gasteiger charge is -2.20. The zero-order chi connectivity index (χ0) is 26.2. The summed E-state index contributed by atoms with van der Waals surface area (Å²) in [5, 5.41) is 9.25. The molecule has 0 bridgehead atoms. The van der Waals surface area contributed by atoms with Crippen molar-refractivity contribution in [3.8, 4) is 23.0 Å². The van der Waals surface area contributed by atoms with Gasteiger partial charge in [0.1, 0.15) is 23.8 Å². The molecule has 0 aliphatic carbocycles. The monoisotopic (exact) mass is 500 g/mol. The van der Waals surface area contributed by atoms with Crippen LogP contribution in [0.15, 0.2) is 83.3 Å². The lowest BCUT2D eigenvalue weighted by atomic mass is 10.2. The molecule has 37 heavy (non-hydrogen) atoms. The van der Waals surface area contributed by atoms with E-state index in [1.807, 2.05) is 56.3 Å². The van der Waals surface area contributed by atoms with Crippen molar-refractivity contribution in [1.82, 2.24) is 9.88 Å². The summed E-state index contributed by atoms with van der Waals surface area (Å²) in [5.41, 5.74) is 3.53. The van der Waals surface area contributed by atoms with Gasteiger partial charge in [0, 0.05) is 18.5 Å². The van der Waals surface area contributed by atoms with E-state index in [0.29, 0.717) is 30.4 Å². The van der Waals surface area contributed by atoms with E-state index in [2.05, 4.69) is 4.98 Å². The summed E-state index contributed by atoms with van der Waals surface area (Å²) < 4.78 is 17.0. The number of carbonyl (C=O) groups is 2. The highest BCUT2D eigenvalue weighted by Gasteiger charge is 2.19. The Hall–Kier alpha value is -4.59. The number of amides is 1. The molecule has 0 atom stereocenters. The average molecular weight is 501 g/mol. The molecule has 0 unspecified atom stereocenters. The molecule has 8 nitrogen and oxygen atoms in total. The van der Waals surface area contributed by atoms with Gasteiger partial charge >= 0.3 is 12.1 Å². The van der Waals surface area contributed by atoms with Crippen LogP contribution in [0, 0.1) is 13.8 Å². The topological polar surface area (TPSA) is 102 Å². The summed E-state index contributed by atoms with van der Waals surface area (Å²) in [6, 6.07) is 23.8. The zero-order valence-electron chi connectivity index (χ0n) is 20.7. The van der Waals surface area contributed by atoms with Crippen molar-refractivity contribution < 1.29 is 28.6 Å². The molecule has 1 amide bonds. The maximum absolute atomic E-state index is 12.6. The molecule has 0 saturated carbocycles. The summed E-state index contributed by atoms with van der Waals surface area (Å²) in [4.78, 5) is 29.6. The number of carbonyl (C=O) groups excluding carboxylic acids is 1. The summed E-state index contributed by atoms with van der Waals surface area (Å²) >= 11 is 0. The smallest absolute Gasteiger partial charge is 0.416 e. The van der Waals surface area contributed by atoms with Crippen molar-refractivity contribution in [2.45, 2.75) is 26.8 Å². The van der Waals surface area contributed by atoms with Crippen LogP contribution in [0.25, 0.3) is 11.5 Å². The number of hydrogen-bond donors (Lipinski definition) is 1. The van der Waals surface area contributed by atoms with E-state index < -0.39 is 18.6 Å². The van der Waals surface area contributed by atoms with Gasteiger partial charge in [-0.05, 0) is 55.8 Å². The number of aliphatic carboxylic acids is 1. The highest BCUT2D eigenvalue weighted by atomic mass is 16.6. The van der Waals surface area contributed by atoms with Crippen LogP contribution in [0.1, 0.15) is 22.6 Å². The molecule has 1 aromatic heterocycles. The van der Waals surface area contributed by atoms with Crippen LogP contribution in [0.5, 0.6) is 11.5 Å². The van der Waals surface area contributed by atoms with E-state index in [0.717, 1.165) is 33.0 Å². The summed E-state index contributed by atoms with van der Waals surface area (Å²) in [5.74, 6) is 1.23. The van der Waals surface area contributed by atoms with Crippen LogP contribution in [-0.2, 0) is 17.8 Å². The zero-order valence-corrected chi connectivity index (χ0v) is 20.7. The predicted octanol–water partition coefficient (Wildman–Crippen LogP) is 5.67. The summed E-state index contributed by atoms with van der Waals surface area (Å²) in [6.07, 6.45) is -0.148. The first-order chi connectivity index (χ1) is 17.9. The van der Waals surface area contributed by atoms with Crippen LogP contribution in [0.3, 0.4) is 0 Å². The fourth-order valence-electron chi connectivity index (χ4n) is 3.66. The Kier molecular flexibility index (Phi) is 8.20. The van der Waals surface area contributed by atoms with E-state index in [1.165, 1.54) is 0 Å². The number of carboxylic acid groups (broad SMARTS) is 1. The molecule has 0 aliphatic rings. The van der Waals surface area contributed by atoms with Crippen LogP contribution in [0.4, 0.5) is 4.79 Å². The maximum atomic E-state index is 12.6. The molecule has 0 aliphatic heterocycles. The van der Waals surface area contributed by atoms with E-state index in [-0.39, 0.29) is 6.54 Å². The number of carboxylic acids is 1. The molecular weight excluding hydrogens is 472 g/mol. The number of rotatable bonds is 10. The molecule has 4 aromatic rings. The Morgan fingerprint density at radius 3 is 2.27 bits per heavy atom. The largest absolute Gasteiger partial charge is 0.493 e. The highest BCUT2D eigenvalue weighted by Crippen LogP contribution is 2.22. The molecule has 0 saturated heterocycles. The summed E-state index contributed by atoms with van der Waals surface area (Å²) in [6.45, 7) is 3.82. The molecular formula is C29H28N2O6. The van der Waals surface area contributed by atoms with E-state index in [4.69, 9.17) is 13.9 Å². The third kappa shape index (κ3) is 7.20. The molecule has 0 fully saturated rings. The van der Waals surface area contributed by atoms with Gasteiger partial charge in [-0.3, -0.25) is 9.69 Å². The van der Waals surface area contributed by atoms with Crippen molar-refractivity contribution in [3.63, 3.8) is 0 Å². The Morgan fingerprint density at radius 2 is 1.59 bits per heavy atom. The Morgan fingerprint density at radius 1 is 0.919 bits per heavy atom. The molecule has 8 heteroatoms. The van der Waals surface area contributed by atoms with Crippen molar-refractivity contribution in [2.75, 3.05) is 13.2 Å². The van der Waals surface area contributed by atoms with Crippen LogP contribution in [0.2, 0.25) is 0 Å². The summed E-state index contributed by atoms with van der Waals surface area (Å²) in [7, 11) is 0. The number of nitrogens with zero attached hydrogens (tertiary/aromatic N) is 2. The number of benzene rings is 3. The number of aromatic nitrogens is 1. The Labute approximate surface area is 215 Å². The van der Waals surface area contributed by atoms with E-state index in [1.54, 1.807) is 36.4 Å². The van der Waals surface area contributed by atoms with Crippen molar-refractivity contribution in [2.24, 2.45) is 0 Å². The van der Waals surface area contributed by atoms with Crippen LogP contribution < -0.4 is 9.47 Å². The quantitative estimate of drug-likeness (QED) is 0.299. The van der Waals surface area contributed by atoms with Crippen molar-refractivity contribution in [1.29, 1.82) is 0 Å². The van der Waals surface area contributed by atoms with Gasteiger partial charge in [0.25, 0.3) is 0 Å². The van der Waals surface area contributed by atoms with Gasteiger partial charge < -0.3 is 19.0 Å². The predicted molar refractivity (Wildman–Crippen MR) is 138 cm³/mol. The normalized spacial score (nSPS) is 10.6. The molecule has 0 radical (unpaired) electrons. The van der Waals surface area contributed by atoms with Gasteiger partial charge in [0.15, 0.2) is 0 Å². The van der Waals surface area contributed by atoms with Gasteiger partial charge in [-0.1, -0.05) is 48.0 Å². The maximum Gasteiger partial charge on any atom is 0.416 e. The minimum Gasteiger partial charge on any atom is -0.493 e. The van der Waals surface area contributed by atoms with Crippen molar-refractivity contribution in [3.05, 3.63) is 101 Å².